The van der Waals surface area contributed by atoms with Crippen molar-refractivity contribution in [3.05, 3.63) is 63.7 Å². The lowest BCUT2D eigenvalue weighted by Crippen LogP contribution is -2.16. The summed E-state index contributed by atoms with van der Waals surface area (Å²) in [5, 5.41) is 0.448. The van der Waals surface area contributed by atoms with Crippen molar-refractivity contribution >= 4 is 11.6 Å². The van der Waals surface area contributed by atoms with Crippen molar-refractivity contribution in [3.63, 3.8) is 0 Å². The Hall–Kier alpha value is -1.65. The van der Waals surface area contributed by atoms with Crippen LogP contribution in [0.25, 0.3) is 0 Å². The Kier molecular flexibility index (Phi) is 4.26. The van der Waals surface area contributed by atoms with Gasteiger partial charge in [0.15, 0.2) is 11.6 Å². The molecule has 0 fully saturated rings. The van der Waals surface area contributed by atoms with E-state index < -0.39 is 17.7 Å². The van der Waals surface area contributed by atoms with E-state index in [-0.39, 0.29) is 11.1 Å². The van der Waals surface area contributed by atoms with Crippen LogP contribution in [0.15, 0.2) is 30.3 Å². The number of rotatable bonds is 3. The summed E-state index contributed by atoms with van der Waals surface area (Å²) in [5.41, 5.74) is 6.83. The van der Waals surface area contributed by atoms with Crippen LogP contribution in [0.4, 0.5) is 8.78 Å². The standard InChI is InChI=1S/C15H14ClF2NO/c1-8-3-5-10(14(18)13(8)17)15(19)11-7-9(16)4-6-12(11)20-2/h3-7,15H,19H2,1-2H3. The third-order valence-corrected chi connectivity index (χ3v) is 3.40. The van der Waals surface area contributed by atoms with Gasteiger partial charge in [-0.3, -0.25) is 0 Å². The number of benzene rings is 2. The summed E-state index contributed by atoms with van der Waals surface area (Å²) in [7, 11) is 1.48. The van der Waals surface area contributed by atoms with E-state index in [0.717, 1.165) is 0 Å². The number of halogens is 3. The van der Waals surface area contributed by atoms with Crippen LogP contribution in [0.2, 0.25) is 5.02 Å². The summed E-state index contributed by atoms with van der Waals surface area (Å²) < 4.78 is 32.8. The molecule has 0 heterocycles. The fourth-order valence-electron chi connectivity index (χ4n) is 2.02. The molecule has 20 heavy (non-hydrogen) atoms. The zero-order chi connectivity index (χ0) is 14.9. The Morgan fingerprint density at radius 1 is 1.10 bits per heavy atom. The van der Waals surface area contributed by atoms with Crippen molar-refractivity contribution in [2.75, 3.05) is 7.11 Å². The average Bonchev–Trinajstić information content (AvgIpc) is 2.44. The minimum absolute atomic E-state index is 0.0636. The minimum Gasteiger partial charge on any atom is -0.496 e. The van der Waals surface area contributed by atoms with Crippen LogP contribution in [0, 0.1) is 18.6 Å². The summed E-state index contributed by atoms with van der Waals surface area (Å²) >= 11 is 5.92. The van der Waals surface area contributed by atoms with E-state index >= 15 is 0 Å². The number of aryl methyl sites for hydroxylation is 1. The lowest BCUT2D eigenvalue weighted by Gasteiger charge is -2.17. The highest BCUT2D eigenvalue weighted by molar-refractivity contribution is 6.30. The van der Waals surface area contributed by atoms with E-state index in [2.05, 4.69) is 0 Å². The SMILES string of the molecule is COc1ccc(Cl)cc1C(N)c1ccc(C)c(F)c1F. The summed E-state index contributed by atoms with van der Waals surface area (Å²) in [6.45, 7) is 1.49. The Morgan fingerprint density at radius 2 is 1.80 bits per heavy atom. The average molecular weight is 298 g/mol. The summed E-state index contributed by atoms with van der Waals surface area (Å²) in [5.74, 6) is -1.36. The normalized spacial score (nSPS) is 12.3. The Balaban J connectivity index is 2.54. The molecule has 106 valence electrons. The Labute approximate surface area is 121 Å². The molecule has 2 aromatic rings. The van der Waals surface area contributed by atoms with E-state index in [0.29, 0.717) is 16.3 Å². The molecule has 0 aliphatic rings. The van der Waals surface area contributed by atoms with Crippen LogP contribution >= 0.6 is 11.6 Å². The fraction of sp³-hybridized carbons (Fsp3) is 0.200. The first-order chi connectivity index (χ1) is 9.45. The number of hydrogen-bond acceptors (Lipinski definition) is 2. The molecule has 0 aliphatic heterocycles. The Bertz CT molecular complexity index is 646. The molecule has 0 saturated heterocycles. The zero-order valence-corrected chi connectivity index (χ0v) is 11.8. The van der Waals surface area contributed by atoms with Crippen LogP contribution in [-0.2, 0) is 0 Å². The lowest BCUT2D eigenvalue weighted by molar-refractivity contribution is 0.407. The lowest BCUT2D eigenvalue weighted by atomic mass is 9.97. The highest BCUT2D eigenvalue weighted by Gasteiger charge is 2.21. The molecular weight excluding hydrogens is 284 g/mol. The quantitative estimate of drug-likeness (QED) is 0.930. The predicted octanol–water partition coefficient (Wildman–Crippen LogP) is 3.98. The molecule has 2 N–H and O–H groups in total. The maximum Gasteiger partial charge on any atom is 0.164 e. The Morgan fingerprint density at radius 3 is 2.45 bits per heavy atom. The molecule has 1 atom stereocenters. The van der Waals surface area contributed by atoms with Crippen molar-refractivity contribution in [1.82, 2.24) is 0 Å². The molecule has 0 bridgehead atoms. The molecule has 0 amide bonds. The molecule has 5 heteroatoms. The van der Waals surface area contributed by atoms with Crippen LogP contribution in [-0.4, -0.2) is 7.11 Å². The third kappa shape index (κ3) is 2.62. The van der Waals surface area contributed by atoms with Crippen LogP contribution < -0.4 is 10.5 Å². The fourth-order valence-corrected chi connectivity index (χ4v) is 2.20. The van der Waals surface area contributed by atoms with Crippen molar-refractivity contribution in [1.29, 1.82) is 0 Å². The molecule has 0 spiro atoms. The van der Waals surface area contributed by atoms with Gasteiger partial charge in [-0.25, -0.2) is 8.78 Å². The molecule has 0 saturated carbocycles. The predicted molar refractivity (Wildman–Crippen MR) is 75.1 cm³/mol. The molecule has 2 aromatic carbocycles. The molecule has 0 aromatic heterocycles. The van der Waals surface area contributed by atoms with Crippen LogP contribution in [0.1, 0.15) is 22.7 Å². The van der Waals surface area contributed by atoms with Gasteiger partial charge in [-0.2, -0.15) is 0 Å². The van der Waals surface area contributed by atoms with Gasteiger partial charge in [-0.15, -0.1) is 0 Å². The van der Waals surface area contributed by atoms with Crippen molar-refractivity contribution in [2.24, 2.45) is 5.73 Å². The topological polar surface area (TPSA) is 35.2 Å². The van der Waals surface area contributed by atoms with E-state index in [1.54, 1.807) is 18.2 Å². The number of ether oxygens (including phenoxy) is 1. The van der Waals surface area contributed by atoms with Gasteiger partial charge in [-0.1, -0.05) is 23.7 Å². The first-order valence-electron chi connectivity index (χ1n) is 5.99. The summed E-state index contributed by atoms with van der Waals surface area (Å²) in [6.07, 6.45) is 0. The largest absolute Gasteiger partial charge is 0.496 e. The van der Waals surface area contributed by atoms with Gasteiger partial charge in [0.1, 0.15) is 5.75 Å². The summed E-state index contributed by atoms with van der Waals surface area (Å²) in [6, 6.07) is 6.97. The van der Waals surface area contributed by atoms with Gasteiger partial charge in [0.05, 0.1) is 13.2 Å². The maximum absolute atomic E-state index is 14.0. The minimum atomic E-state index is -0.945. The maximum atomic E-state index is 14.0. The molecule has 0 aliphatic carbocycles. The number of hydrogen-bond donors (Lipinski definition) is 1. The van der Waals surface area contributed by atoms with Gasteiger partial charge >= 0.3 is 0 Å². The molecule has 0 radical (unpaired) electrons. The second-order valence-corrected chi connectivity index (χ2v) is 4.90. The number of nitrogens with two attached hydrogens (primary N) is 1. The second kappa shape index (κ2) is 5.77. The van der Waals surface area contributed by atoms with E-state index in [1.165, 1.54) is 26.2 Å². The zero-order valence-electron chi connectivity index (χ0n) is 11.1. The monoisotopic (exact) mass is 297 g/mol. The smallest absolute Gasteiger partial charge is 0.164 e. The summed E-state index contributed by atoms with van der Waals surface area (Å²) in [4.78, 5) is 0. The molecular formula is C15H14ClF2NO. The van der Waals surface area contributed by atoms with E-state index in [9.17, 15) is 8.78 Å². The molecule has 1 unspecified atom stereocenters. The highest BCUT2D eigenvalue weighted by atomic mass is 35.5. The van der Waals surface area contributed by atoms with Crippen molar-refractivity contribution in [3.8, 4) is 5.75 Å². The van der Waals surface area contributed by atoms with Gasteiger partial charge < -0.3 is 10.5 Å². The van der Waals surface area contributed by atoms with Crippen molar-refractivity contribution in [2.45, 2.75) is 13.0 Å². The van der Waals surface area contributed by atoms with Crippen molar-refractivity contribution < 1.29 is 13.5 Å². The third-order valence-electron chi connectivity index (χ3n) is 3.17. The molecule has 2 rings (SSSR count). The van der Waals surface area contributed by atoms with Gasteiger partial charge in [0.25, 0.3) is 0 Å². The first kappa shape index (κ1) is 14.8. The van der Waals surface area contributed by atoms with Crippen LogP contribution in [0.5, 0.6) is 5.75 Å². The van der Waals surface area contributed by atoms with Gasteiger partial charge in [0.2, 0.25) is 0 Å². The second-order valence-electron chi connectivity index (χ2n) is 4.46. The van der Waals surface area contributed by atoms with Gasteiger partial charge in [0, 0.05) is 16.1 Å². The van der Waals surface area contributed by atoms with E-state index in [1.807, 2.05) is 0 Å². The van der Waals surface area contributed by atoms with Crippen LogP contribution in [0.3, 0.4) is 0 Å². The van der Waals surface area contributed by atoms with Gasteiger partial charge in [-0.05, 0) is 30.7 Å². The first-order valence-corrected chi connectivity index (χ1v) is 6.37. The highest BCUT2D eigenvalue weighted by Crippen LogP contribution is 2.32. The molecule has 2 nitrogen and oxygen atoms in total. The van der Waals surface area contributed by atoms with E-state index in [4.69, 9.17) is 22.1 Å². The number of methoxy groups -OCH3 is 1.